The van der Waals surface area contributed by atoms with E-state index in [-0.39, 0.29) is 0 Å². The van der Waals surface area contributed by atoms with Crippen molar-refractivity contribution in [1.29, 1.82) is 0 Å². The van der Waals surface area contributed by atoms with Gasteiger partial charge < -0.3 is 9.64 Å². The molecule has 3 heterocycles. The third-order valence-electron chi connectivity index (χ3n) is 2.82. The van der Waals surface area contributed by atoms with E-state index in [0.29, 0.717) is 0 Å². The minimum absolute atomic E-state index is 0.809. The second-order valence-electron chi connectivity index (χ2n) is 3.80. The molecule has 0 saturated carbocycles. The van der Waals surface area contributed by atoms with Gasteiger partial charge in [-0.2, -0.15) is 0 Å². The largest absolute Gasteiger partial charge is 0.378 e. The lowest BCUT2D eigenvalue weighted by Gasteiger charge is -2.28. The van der Waals surface area contributed by atoms with Gasteiger partial charge in [0.05, 0.1) is 25.1 Å². The molecular formula is C11H12BrN3O. The molecule has 0 bridgehead atoms. The first-order chi connectivity index (χ1) is 7.84. The zero-order valence-electron chi connectivity index (χ0n) is 8.77. The number of pyridine rings is 1. The fourth-order valence-electron chi connectivity index (χ4n) is 1.95. The van der Waals surface area contributed by atoms with Crippen LogP contribution in [0, 0.1) is 0 Å². The first-order valence-electron chi connectivity index (χ1n) is 5.30. The van der Waals surface area contributed by atoms with Gasteiger partial charge in [-0.3, -0.25) is 4.40 Å². The summed E-state index contributed by atoms with van der Waals surface area (Å²) in [7, 11) is 0. The van der Waals surface area contributed by atoms with E-state index in [2.05, 4.69) is 38.1 Å². The minimum Gasteiger partial charge on any atom is -0.378 e. The maximum absolute atomic E-state index is 5.35. The van der Waals surface area contributed by atoms with Crippen LogP contribution in [-0.4, -0.2) is 35.7 Å². The highest BCUT2D eigenvalue weighted by Crippen LogP contribution is 2.20. The number of hydrogen-bond donors (Lipinski definition) is 0. The quantitative estimate of drug-likeness (QED) is 0.800. The Hall–Kier alpha value is -1.07. The highest BCUT2D eigenvalue weighted by atomic mass is 79.9. The Balaban J connectivity index is 1.99. The summed E-state index contributed by atoms with van der Waals surface area (Å²) < 4.78 is 8.38. The van der Waals surface area contributed by atoms with E-state index < -0.39 is 0 Å². The number of ether oxygens (including phenoxy) is 1. The molecular weight excluding hydrogens is 270 g/mol. The predicted molar refractivity (Wildman–Crippen MR) is 65.9 cm³/mol. The number of anilines is 1. The predicted octanol–water partition coefficient (Wildman–Crippen LogP) is 1.93. The van der Waals surface area contributed by atoms with E-state index >= 15 is 0 Å². The molecule has 4 nitrogen and oxygen atoms in total. The van der Waals surface area contributed by atoms with Crippen LogP contribution in [0.5, 0.6) is 0 Å². The third kappa shape index (κ3) is 1.70. The Morgan fingerprint density at radius 1 is 1.25 bits per heavy atom. The number of imidazole rings is 1. The first-order valence-corrected chi connectivity index (χ1v) is 6.09. The van der Waals surface area contributed by atoms with Crippen molar-refractivity contribution in [1.82, 2.24) is 9.38 Å². The Kier molecular flexibility index (Phi) is 2.57. The van der Waals surface area contributed by atoms with Crippen molar-refractivity contribution in [2.45, 2.75) is 0 Å². The van der Waals surface area contributed by atoms with Crippen LogP contribution in [0.25, 0.3) is 5.65 Å². The summed E-state index contributed by atoms with van der Waals surface area (Å²) in [4.78, 5) is 6.61. The summed E-state index contributed by atoms with van der Waals surface area (Å²) in [5, 5.41) is 0. The van der Waals surface area contributed by atoms with E-state index in [1.807, 2.05) is 16.7 Å². The molecule has 5 heteroatoms. The summed E-state index contributed by atoms with van der Waals surface area (Å²) >= 11 is 3.48. The number of hydrogen-bond acceptors (Lipinski definition) is 3. The second kappa shape index (κ2) is 4.07. The third-order valence-corrected chi connectivity index (χ3v) is 3.41. The van der Waals surface area contributed by atoms with Crippen molar-refractivity contribution >= 4 is 27.3 Å². The Bertz CT molecular complexity index is 505. The van der Waals surface area contributed by atoms with Crippen molar-refractivity contribution in [2.24, 2.45) is 0 Å². The van der Waals surface area contributed by atoms with Gasteiger partial charge in [0, 0.05) is 19.3 Å². The molecule has 0 N–H and O–H groups in total. The summed E-state index contributed by atoms with van der Waals surface area (Å²) in [6, 6.07) is 4.15. The van der Waals surface area contributed by atoms with Crippen LogP contribution in [0.4, 0.5) is 5.69 Å². The number of rotatable bonds is 1. The standard InChI is InChI=1S/C11H12BrN3O/c12-10-7-13-11-2-1-9(8-15(10)11)14-3-5-16-6-4-14/h1-2,7-8H,3-6H2. The average molecular weight is 282 g/mol. The van der Waals surface area contributed by atoms with E-state index in [1.54, 1.807) is 0 Å². The first kappa shape index (κ1) is 10.1. The molecule has 1 fully saturated rings. The van der Waals surface area contributed by atoms with Crippen LogP contribution in [0.15, 0.2) is 29.1 Å². The number of morpholine rings is 1. The van der Waals surface area contributed by atoms with Crippen molar-refractivity contribution in [2.75, 3.05) is 31.2 Å². The Labute approximate surface area is 102 Å². The molecule has 0 aliphatic carbocycles. The van der Waals surface area contributed by atoms with Gasteiger partial charge in [0.25, 0.3) is 0 Å². The fraction of sp³-hybridized carbons (Fsp3) is 0.364. The van der Waals surface area contributed by atoms with Crippen molar-refractivity contribution in [3.63, 3.8) is 0 Å². The Morgan fingerprint density at radius 3 is 2.88 bits per heavy atom. The van der Waals surface area contributed by atoms with Crippen molar-refractivity contribution in [3.05, 3.63) is 29.1 Å². The maximum atomic E-state index is 5.35. The van der Waals surface area contributed by atoms with Crippen LogP contribution in [-0.2, 0) is 4.74 Å². The van der Waals surface area contributed by atoms with Gasteiger partial charge >= 0.3 is 0 Å². The molecule has 0 amide bonds. The highest BCUT2D eigenvalue weighted by molar-refractivity contribution is 9.10. The molecule has 16 heavy (non-hydrogen) atoms. The van der Waals surface area contributed by atoms with E-state index in [1.165, 1.54) is 5.69 Å². The molecule has 0 spiro atoms. The van der Waals surface area contributed by atoms with E-state index in [9.17, 15) is 0 Å². The van der Waals surface area contributed by atoms with Gasteiger partial charge in [-0.25, -0.2) is 4.98 Å². The van der Waals surface area contributed by atoms with Crippen molar-refractivity contribution in [3.8, 4) is 0 Å². The molecule has 0 radical (unpaired) electrons. The van der Waals surface area contributed by atoms with Crippen LogP contribution in [0.2, 0.25) is 0 Å². The SMILES string of the molecule is Brc1cnc2ccc(N3CCOCC3)cn12. The summed E-state index contributed by atoms with van der Waals surface area (Å²) in [5.74, 6) is 0. The van der Waals surface area contributed by atoms with Crippen molar-refractivity contribution < 1.29 is 4.74 Å². The van der Waals surface area contributed by atoms with Crippen LogP contribution < -0.4 is 4.90 Å². The molecule has 84 valence electrons. The van der Waals surface area contributed by atoms with Crippen LogP contribution in [0.3, 0.4) is 0 Å². The van der Waals surface area contributed by atoms with Gasteiger partial charge in [-0.05, 0) is 28.1 Å². The summed E-state index contributed by atoms with van der Waals surface area (Å²) in [6.07, 6.45) is 3.93. The van der Waals surface area contributed by atoms with Gasteiger partial charge in [-0.1, -0.05) is 0 Å². The van der Waals surface area contributed by atoms with Gasteiger partial charge in [-0.15, -0.1) is 0 Å². The lowest BCUT2D eigenvalue weighted by molar-refractivity contribution is 0.122. The van der Waals surface area contributed by atoms with Crippen LogP contribution >= 0.6 is 15.9 Å². The normalized spacial score (nSPS) is 16.9. The fourth-order valence-corrected chi connectivity index (χ4v) is 2.33. The van der Waals surface area contributed by atoms with Crippen LogP contribution in [0.1, 0.15) is 0 Å². The zero-order chi connectivity index (χ0) is 11.0. The molecule has 2 aromatic heterocycles. The second-order valence-corrected chi connectivity index (χ2v) is 4.61. The number of halogens is 1. The lowest BCUT2D eigenvalue weighted by Crippen LogP contribution is -2.36. The monoisotopic (exact) mass is 281 g/mol. The summed E-state index contributed by atoms with van der Waals surface area (Å²) in [5.41, 5.74) is 2.18. The van der Waals surface area contributed by atoms with Gasteiger partial charge in [0.1, 0.15) is 10.3 Å². The highest BCUT2D eigenvalue weighted by Gasteiger charge is 2.12. The lowest BCUT2D eigenvalue weighted by atomic mass is 10.3. The average Bonchev–Trinajstić information content (AvgIpc) is 2.72. The minimum atomic E-state index is 0.809. The molecule has 0 aromatic carbocycles. The Morgan fingerprint density at radius 2 is 2.06 bits per heavy atom. The maximum Gasteiger partial charge on any atom is 0.137 e. The number of aromatic nitrogens is 2. The molecule has 2 aromatic rings. The van der Waals surface area contributed by atoms with Gasteiger partial charge in [0.2, 0.25) is 0 Å². The summed E-state index contributed by atoms with van der Waals surface area (Å²) in [6.45, 7) is 3.53. The van der Waals surface area contributed by atoms with Gasteiger partial charge in [0.15, 0.2) is 0 Å². The smallest absolute Gasteiger partial charge is 0.137 e. The van der Waals surface area contributed by atoms with E-state index in [4.69, 9.17) is 4.74 Å². The molecule has 0 atom stereocenters. The number of nitrogens with zero attached hydrogens (tertiary/aromatic N) is 3. The molecule has 0 unspecified atom stereocenters. The number of fused-ring (bicyclic) bond motifs is 1. The molecule has 1 aliphatic rings. The molecule has 1 saturated heterocycles. The van der Waals surface area contributed by atoms with E-state index in [0.717, 1.165) is 36.6 Å². The topological polar surface area (TPSA) is 29.8 Å². The molecule has 1 aliphatic heterocycles. The zero-order valence-corrected chi connectivity index (χ0v) is 10.4. The molecule has 3 rings (SSSR count).